The number of rotatable bonds is 2. The van der Waals surface area contributed by atoms with Crippen LogP contribution in [0.1, 0.15) is 15.2 Å². The van der Waals surface area contributed by atoms with E-state index in [0.717, 1.165) is 5.56 Å². The second-order valence-electron chi connectivity index (χ2n) is 2.19. The predicted octanol–water partition coefficient (Wildman–Crippen LogP) is 2.27. The monoisotopic (exact) mass is 225 g/mol. The van der Waals surface area contributed by atoms with E-state index in [4.69, 9.17) is 17.3 Å². The summed E-state index contributed by atoms with van der Waals surface area (Å²) in [6, 6.07) is 0. The molecule has 0 bridgehead atoms. The molecule has 2 N–H and O–H groups in total. The van der Waals surface area contributed by atoms with E-state index in [-0.39, 0.29) is 24.7 Å². The van der Waals surface area contributed by atoms with Gasteiger partial charge in [0.2, 0.25) is 0 Å². The van der Waals surface area contributed by atoms with Gasteiger partial charge in [0.25, 0.3) is 0 Å². The average molecular weight is 226 g/mol. The van der Waals surface area contributed by atoms with Gasteiger partial charge in [-0.15, -0.1) is 23.7 Å². The van der Waals surface area contributed by atoms with E-state index in [1.54, 1.807) is 0 Å². The van der Waals surface area contributed by atoms with Crippen LogP contribution in [0.5, 0.6) is 0 Å². The number of carbonyl (C=O) groups excluding carboxylic acids is 1. The summed E-state index contributed by atoms with van der Waals surface area (Å²) in [6.45, 7) is 1.89. The lowest BCUT2D eigenvalue weighted by Crippen LogP contribution is -2.12. The summed E-state index contributed by atoms with van der Waals surface area (Å²) in [4.78, 5) is 11.6. The van der Waals surface area contributed by atoms with Crippen molar-refractivity contribution in [2.24, 2.45) is 5.73 Å². The van der Waals surface area contributed by atoms with Gasteiger partial charge >= 0.3 is 0 Å². The molecular formula is C7H9Cl2NOS. The fourth-order valence-electron chi connectivity index (χ4n) is 0.711. The maximum Gasteiger partial charge on any atom is 0.187 e. The van der Waals surface area contributed by atoms with E-state index in [0.29, 0.717) is 9.90 Å². The maximum absolute atomic E-state index is 11.0. The molecule has 0 unspecified atom stereocenters. The maximum atomic E-state index is 11.0. The van der Waals surface area contributed by atoms with E-state index in [1.165, 1.54) is 11.3 Å². The third kappa shape index (κ3) is 2.20. The molecule has 1 aromatic rings. The van der Waals surface area contributed by atoms with E-state index in [9.17, 15) is 4.79 Å². The van der Waals surface area contributed by atoms with Crippen molar-refractivity contribution in [1.29, 1.82) is 0 Å². The van der Waals surface area contributed by atoms with Crippen LogP contribution in [0.2, 0.25) is 5.02 Å². The smallest absolute Gasteiger partial charge is 0.187 e. The minimum Gasteiger partial charge on any atom is -0.324 e. The Morgan fingerprint density at radius 3 is 2.67 bits per heavy atom. The number of carbonyl (C=O) groups is 1. The zero-order valence-electron chi connectivity index (χ0n) is 6.46. The highest BCUT2D eigenvalue weighted by molar-refractivity contribution is 7.13. The first-order valence-electron chi connectivity index (χ1n) is 3.13. The number of Topliss-reactive ketones (excluding diaryl/α,β-unsaturated/α-hetero) is 1. The van der Waals surface area contributed by atoms with Crippen molar-refractivity contribution in [3.05, 3.63) is 20.8 Å². The molecule has 1 rings (SSSR count). The van der Waals surface area contributed by atoms with Gasteiger partial charge in [-0.3, -0.25) is 4.79 Å². The Hall–Kier alpha value is -0.0900. The number of nitrogens with two attached hydrogens (primary N) is 1. The average Bonchev–Trinajstić information content (AvgIpc) is 2.32. The second-order valence-corrected chi connectivity index (χ2v) is 3.45. The molecule has 68 valence electrons. The molecule has 0 aromatic carbocycles. The molecule has 0 fully saturated rings. The lowest BCUT2D eigenvalue weighted by Gasteiger charge is -1.92. The highest BCUT2D eigenvalue weighted by atomic mass is 35.5. The lowest BCUT2D eigenvalue weighted by atomic mass is 10.3. The molecule has 0 aliphatic heterocycles. The number of halogens is 2. The molecule has 2 nitrogen and oxygen atoms in total. The summed E-state index contributed by atoms with van der Waals surface area (Å²) in [5.74, 6) is -0.0897. The van der Waals surface area contributed by atoms with E-state index < -0.39 is 0 Å². The largest absolute Gasteiger partial charge is 0.324 e. The molecule has 0 amide bonds. The minimum absolute atomic E-state index is 0. The standard InChI is InChI=1S/C7H8ClNOS.ClH/c1-4-3-11-7(6(4)8)5(10)2-9;/h3H,2,9H2,1H3;1H. The third-order valence-electron chi connectivity index (χ3n) is 1.34. The SMILES string of the molecule is Cc1csc(C(=O)CN)c1Cl.Cl. The first kappa shape index (κ1) is 11.9. The van der Waals surface area contributed by atoms with Crippen LogP contribution >= 0.6 is 35.3 Å². The summed E-state index contributed by atoms with van der Waals surface area (Å²) in [6.07, 6.45) is 0. The molecule has 0 saturated heterocycles. The van der Waals surface area contributed by atoms with Crippen LogP contribution in [0, 0.1) is 6.92 Å². The van der Waals surface area contributed by atoms with Crippen LogP contribution in [0.25, 0.3) is 0 Å². The molecule has 5 heteroatoms. The molecule has 0 atom stereocenters. The van der Waals surface area contributed by atoms with Gasteiger partial charge < -0.3 is 5.73 Å². The Balaban J connectivity index is 0.00000121. The van der Waals surface area contributed by atoms with Crippen LogP contribution < -0.4 is 5.73 Å². The summed E-state index contributed by atoms with van der Waals surface area (Å²) in [5.41, 5.74) is 6.12. The van der Waals surface area contributed by atoms with E-state index in [1.807, 2.05) is 12.3 Å². The van der Waals surface area contributed by atoms with Crippen molar-refractivity contribution in [1.82, 2.24) is 0 Å². The van der Waals surface area contributed by atoms with Crippen molar-refractivity contribution in [2.45, 2.75) is 6.92 Å². The van der Waals surface area contributed by atoms with Crippen molar-refractivity contribution in [2.75, 3.05) is 6.54 Å². The van der Waals surface area contributed by atoms with Gasteiger partial charge in [0, 0.05) is 0 Å². The minimum atomic E-state index is -0.0897. The molecule has 0 spiro atoms. The zero-order valence-corrected chi connectivity index (χ0v) is 8.85. The number of hydrogen-bond donors (Lipinski definition) is 1. The Morgan fingerprint density at radius 1 is 1.75 bits per heavy atom. The third-order valence-corrected chi connectivity index (χ3v) is 3.08. The van der Waals surface area contributed by atoms with E-state index in [2.05, 4.69) is 0 Å². The summed E-state index contributed by atoms with van der Waals surface area (Å²) in [5, 5.41) is 2.40. The number of aryl methyl sites for hydroxylation is 1. The fourth-order valence-corrected chi connectivity index (χ4v) is 1.96. The van der Waals surface area contributed by atoms with Gasteiger partial charge in [0.15, 0.2) is 5.78 Å². The molecule has 1 aromatic heterocycles. The van der Waals surface area contributed by atoms with Gasteiger partial charge in [-0.1, -0.05) is 11.6 Å². The van der Waals surface area contributed by atoms with Crippen LogP contribution in [0.15, 0.2) is 5.38 Å². The van der Waals surface area contributed by atoms with Crippen molar-refractivity contribution >= 4 is 41.1 Å². The Morgan fingerprint density at radius 2 is 2.33 bits per heavy atom. The molecule has 0 radical (unpaired) electrons. The van der Waals surface area contributed by atoms with Crippen LogP contribution in [-0.4, -0.2) is 12.3 Å². The van der Waals surface area contributed by atoms with Crippen LogP contribution in [0.3, 0.4) is 0 Å². The first-order valence-corrected chi connectivity index (χ1v) is 4.39. The first-order chi connectivity index (χ1) is 5.16. The van der Waals surface area contributed by atoms with Gasteiger partial charge in [0.1, 0.15) is 0 Å². The number of thiophene rings is 1. The molecule has 1 heterocycles. The highest BCUT2D eigenvalue weighted by Crippen LogP contribution is 2.26. The molecule has 12 heavy (non-hydrogen) atoms. The lowest BCUT2D eigenvalue weighted by molar-refractivity contribution is 0.101. The van der Waals surface area contributed by atoms with Crippen molar-refractivity contribution in [3.8, 4) is 0 Å². The van der Waals surface area contributed by atoms with Crippen molar-refractivity contribution in [3.63, 3.8) is 0 Å². The zero-order chi connectivity index (χ0) is 8.43. The van der Waals surface area contributed by atoms with Gasteiger partial charge in [-0.2, -0.15) is 0 Å². The van der Waals surface area contributed by atoms with E-state index >= 15 is 0 Å². The Labute approximate surface area is 86.1 Å². The number of hydrogen-bond acceptors (Lipinski definition) is 3. The quantitative estimate of drug-likeness (QED) is 0.786. The topological polar surface area (TPSA) is 43.1 Å². The second kappa shape index (κ2) is 4.82. The molecular weight excluding hydrogens is 217 g/mol. The summed E-state index contributed by atoms with van der Waals surface area (Å²) >= 11 is 7.16. The van der Waals surface area contributed by atoms with Gasteiger partial charge in [-0.05, 0) is 17.9 Å². The van der Waals surface area contributed by atoms with Crippen molar-refractivity contribution < 1.29 is 4.79 Å². The normalized spacial score (nSPS) is 9.25. The molecule has 0 saturated carbocycles. The predicted molar refractivity (Wildman–Crippen MR) is 54.7 cm³/mol. The van der Waals surface area contributed by atoms with Crippen LogP contribution in [0.4, 0.5) is 0 Å². The Kier molecular flexibility index (Phi) is 4.78. The van der Waals surface area contributed by atoms with Gasteiger partial charge in [-0.25, -0.2) is 0 Å². The van der Waals surface area contributed by atoms with Gasteiger partial charge in [0.05, 0.1) is 16.4 Å². The number of ketones is 1. The van der Waals surface area contributed by atoms with Crippen LogP contribution in [-0.2, 0) is 0 Å². The molecule has 0 aliphatic rings. The summed E-state index contributed by atoms with van der Waals surface area (Å²) < 4.78 is 0. The molecule has 0 aliphatic carbocycles. The Bertz CT molecular complexity index is 285. The highest BCUT2D eigenvalue weighted by Gasteiger charge is 2.12. The summed E-state index contributed by atoms with van der Waals surface area (Å²) in [7, 11) is 0. The fraction of sp³-hybridized carbons (Fsp3) is 0.286.